The Labute approximate surface area is 93.3 Å². The fraction of sp³-hybridized carbons (Fsp3) is 0.500. The van der Waals surface area contributed by atoms with Crippen molar-refractivity contribution in [2.45, 2.75) is 7.31 Å². The van der Waals surface area contributed by atoms with Gasteiger partial charge in [-0.2, -0.15) is 0 Å². The van der Waals surface area contributed by atoms with Crippen molar-refractivity contribution in [1.29, 1.82) is 0 Å². The first-order valence-corrected chi connectivity index (χ1v) is 7.01. The summed E-state index contributed by atoms with van der Waals surface area (Å²) in [5.74, 6) is 0.254. The zero-order valence-corrected chi connectivity index (χ0v) is 10.4. The Morgan fingerprint density at radius 1 is 1.08 bits per heavy atom. The van der Waals surface area contributed by atoms with Crippen LogP contribution in [0.25, 0.3) is 0 Å². The topological polar surface area (TPSA) is 34.1 Å². The molecular weight excluding hydrogens is 320 g/mol. The van der Waals surface area contributed by atoms with Gasteiger partial charge >= 0.3 is 0 Å². The highest BCUT2D eigenvalue weighted by Crippen LogP contribution is 2.70. The summed E-state index contributed by atoms with van der Waals surface area (Å²) in [6.07, 6.45) is 7.43. The number of fused-ring (bicyclic) bond motifs is 2. The molecule has 0 radical (unpaired) electrons. The minimum absolute atomic E-state index is 0.127. The van der Waals surface area contributed by atoms with E-state index >= 15 is 0 Å². The molecule has 2 nitrogen and oxygen atoms in total. The molecule has 13 heavy (non-hydrogen) atoms. The smallest absolute Gasteiger partial charge is 0.190 e. The van der Waals surface area contributed by atoms with Gasteiger partial charge in [0.25, 0.3) is 0 Å². The zero-order valence-electron chi connectivity index (χ0n) is 6.44. The average molecular weight is 326 g/mol. The third-order valence-electron chi connectivity index (χ3n) is 3.07. The van der Waals surface area contributed by atoms with E-state index < -0.39 is 17.1 Å². The largest absolute Gasteiger partial charge is 0.225 e. The second-order valence-electron chi connectivity index (χ2n) is 3.67. The average Bonchev–Trinajstić information content (AvgIpc) is 2.68. The van der Waals surface area contributed by atoms with Crippen LogP contribution in [0.4, 0.5) is 0 Å². The molecule has 1 fully saturated rings. The van der Waals surface area contributed by atoms with Crippen LogP contribution in [-0.4, -0.2) is 15.7 Å². The molecule has 2 heterocycles. The number of rotatable bonds is 0. The van der Waals surface area contributed by atoms with Crippen molar-refractivity contribution in [2.75, 3.05) is 0 Å². The number of alkyl halides is 2. The molecule has 2 bridgehead atoms. The Bertz CT molecular complexity index is 429. The summed E-state index contributed by atoms with van der Waals surface area (Å²) in [7, 11) is -3.17. The molecule has 70 valence electrons. The maximum atomic E-state index is 12.1. The number of halogens is 2. The van der Waals surface area contributed by atoms with Crippen LogP contribution in [0.15, 0.2) is 24.3 Å². The molecular formula is C8H6Br2O2S. The summed E-state index contributed by atoms with van der Waals surface area (Å²) in [6.45, 7) is 0. The Morgan fingerprint density at radius 2 is 1.54 bits per heavy atom. The summed E-state index contributed by atoms with van der Waals surface area (Å²) >= 11 is 6.62. The van der Waals surface area contributed by atoms with Gasteiger partial charge < -0.3 is 0 Å². The minimum atomic E-state index is -3.17. The van der Waals surface area contributed by atoms with E-state index in [9.17, 15) is 8.42 Å². The van der Waals surface area contributed by atoms with Gasteiger partial charge in [-0.1, -0.05) is 56.2 Å². The van der Waals surface area contributed by atoms with Crippen LogP contribution in [0.2, 0.25) is 0 Å². The highest BCUT2D eigenvalue weighted by molar-refractivity contribution is 9.14. The molecule has 5 heteroatoms. The summed E-state index contributed by atoms with van der Waals surface area (Å²) in [6, 6.07) is 0. The van der Waals surface area contributed by atoms with Crippen molar-refractivity contribution in [2.24, 2.45) is 11.8 Å². The van der Waals surface area contributed by atoms with Gasteiger partial charge in [0.1, 0.15) is 3.66 Å². The van der Waals surface area contributed by atoms with Gasteiger partial charge in [-0.05, 0) is 0 Å². The lowest BCUT2D eigenvalue weighted by atomic mass is 10.3. The van der Waals surface area contributed by atoms with Crippen molar-refractivity contribution < 1.29 is 8.42 Å². The van der Waals surface area contributed by atoms with E-state index in [2.05, 4.69) is 31.9 Å². The normalized spacial score (nSPS) is 59.2. The van der Waals surface area contributed by atoms with Gasteiger partial charge in [0.2, 0.25) is 0 Å². The molecule has 1 aliphatic carbocycles. The van der Waals surface area contributed by atoms with Gasteiger partial charge in [-0.3, -0.25) is 0 Å². The SMILES string of the molecule is O=S1(=O)C2(Br)C=C[C@@H]3[C@@H](C=C2)C31Br. The third-order valence-corrected chi connectivity index (χ3v) is 9.68. The molecule has 0 unspecified atom stereocenters. The Kier molecular flexibility index (Phi) is 1.33. The molecule has 2 aliphatic heterocycles. The van der Waals surface area contributed by atoms with E-state index in [1.54, 1.807) is 12.2 Å². The number of allylic oxidation sites excluding steroid dienone is 2. The van der Waals surface area contributed by atoms with Crippen molar-refractivity contribution in [3.8, 4) is 0 Å². The fourth-order valence-electron chi connectivity index (χ4n) is 2.19. The summed E-state index contributed by atoms with van der Waals surface area (Å²) in [4.78, 5) is 0. The quantitative estimate of drug-likeness (QED) is 0.504. The van der Waals surface area contributed by atoms with Gasteiger partial charge in [0.05, 0.1) is 0 Å². The maximum Gasteiger partial charge on any atom is 0.190 e. The molecule has 0 aromatic rings. The molecule has 0 saturated heterocycles. The van der Waals surface area contributed by atoms with E-state index in [1.165, 1.54) is 0 Å². The van der Waals surface area contributed by atoms with Crippen LogP contribution in [0.5, 0.6) is 0 Å². The highest BCUT2D eigenvalue weighted by Gasteiger charge is 2.76. The molecule has 0 spiro atoms. The van der Waals surface area contributed by atoms with E-state index in [0.29, 0.717) is 0 Å². The number of sulfone groups is 1. The van der Waals surface area contributed by atoms with Gasteiger partial charge in [0.15, 0.2) is 13.5 Å². The maximum absolute atomic E-state index is 12.1. The van der Waals surface area contributed by atoms with Crippen LogP contribution in [0, 0.1) is 11.8 Å². The van der Waals surface area contributed by atoms with Crippen LogP contribution in [0.1, 0.15) is 0 Å². The second-order valence-corrected chi connectivity index (χ2v) is 9.70. The molecule has 1 saturated carbocycles. The monoisotopic (exact) mass is 324 g/mol. The number of hydrogen-bond acceptors (Lipinski definition) is 2. The molecule has 0 N–H and O–H groups in total. The van der Waals surface area contributed by atoms with Gasteiger partial charge in [-0.25, -0.2) is 8.42 Å². The molecule has 3 rings (SSSR count). The van der Waals surface area contributed by atoms with Crippen molar-refractivity contribution in [1.82, 2.24) is 0 Å². The lowest BCUT2D eigenvalue weighted by molar-refractivity contribution is 0.583. The summed E-state index contributed by atoms with van der Waals surface area (Å²) < 4.78 is 22.4. The minimum Gasteiger partial charge on any atom is -0.225 e. The molecule has 0 amide bonds. The summed E-state index contributed by atoms with van der Waals surface area (Å²) in [5.41, 5.74) is 0. The highest BCUT2D eigenvalue weighted by atomic mass is 79.9. The predicted octanol–water partition coefficient (Wildman–Crippen LogP) is 1.97. The van der Waals surface area contributed by atoms with E-state index in [-0.39, 0.29) is 11.8 Å². The third kappa shape index (κ3) is 0.679. The van der Waals surface area contributed by atoms with Gasteiger partial charge in [0, 0.05) is 11.8 Å². The molecule has 3 aliphatic rings. The molecule has 0 aromatic heterocycles. The lowest BCUT2D eigenvalue weighted by Gasteiger charge is -2.29. The Morgan fingerprint density at radius 3 is 1.92 bits per heavy atom. The predicted molar refractivity (Wildman–Crippen MR) is 57.5 cm³/mol. The molecule has 0 aromatic carbocycles. The Hall–Kier alpha value is 0.390. The van der Waals surface area contributed by atoms with E-state index in [4.69, 9.17) is 0 Å². The standard InChI is InChI=1S/C8H6Br2O2S/c9-7-3-1-5-6(2-4-7)8(5,10)13(7,11)12/h1-6H/t5-,6-,7?,8?/m1/s1. The van der Waals surface area contributed by atoms with E-state index in [1.807, 2.05) is 12.2 Å². The second kappa shape index (κ2) is 1.99. The van der Waals surface area contributed by atoms with E-state index in [0.717, 1.165) is 0 Å². The fourth-order valence-corrected chi connectivity index (χ4v) is 7.59. The lowest BCUT2D eigenvalue weighted by Crippen LogP contribution is -2.40. The molecule has 2 atom stereocenters. The van der Waals surface area contributed by atoms with Crippen LogP contribution in [0.3, 0.4) is 0 Å². The first-order chi connectivity index (χ1) is 5.93. The van der Waals surface area contributed by atoms with Crippen LogP contribution < -0.4 is 0 Å². The van der Waals surface area contributed by atoms with Crippen LogP contribution >= 0.6 is 31.9 Å². The van der Waals surface area contributed by atoms with Gasteiger partial charge in [-0.15, -0.1) is 0 Å². The van der Waals surface area contributed by atoms with Crippen molar-refractivity contribution in [3.63, 3.8) is 0 Å². The van der Waals surface area contributed by atoms with Crippen molar-refractivity contribution in [3.05, 3.63) is 24.3 Å². The number of hydrogen-bond donors (Lipinski definition) is 0. The zero-order chi connectivity index (χ0) is 9.48. The Balaban J connectivity index is 2.41. The van der Waals surface area contributed by atoms with Crippen LogP contribution in [-0.2, 0) is 9.84 Å². The first-order valence-electron chi connectivity index (χ1n) is 3.94. The first kappa shape index (κ1) is 8.68. The summed E-state index contributed by atoms with van der Waals surface area (Å²) in [5, 5.41) is 0. The van der Waals surface area contributed by atoms with Crippen molar-refractivity contribution >= 4 is 41.7 Å².